The van der Waals surface area contributed by atoms with Gasteiger partial charge in [-0.3, -0.25) is 9.59 Å². The molecule has 0 saturated carbocycles. The number of aliphatic hydroxyl groups excluding tert-OH is 1. The summed E-state index contributed by atoms with van der Waals surface area (Å²) in [5.74, 6) is -1.37. The Kier molecular flexibility index (Phi) is 5.93. The van der Waals surface area contributed by atoms with Gasteiger partial charge in [0.15, 0.2) is 0 Å². The third-order valence-electron chi connectivity index (χ3n) is 2.66. The van der Waals surface area contributed by atoms with Gasteiger partial charge in [-0.15, -0.1) is 0 Å². The molecule has 2 amide bonds. The Hall–Kier alpha value is -1.14. The highest BCUT2D eigenvalue weighted by molar-refractivity contribution is 6.35. The molecule has 6 heteroatoms. The van der Waals surface area contributed by atoms with E-state index in [1.807, 2.05) is 6.92 Å². The van der Waals surface area contributed by atoms with Crippen LogP contribution in [0.4, 0.5) is 0 Å². The van der Waals surface area contributed by atoms with Crippen molar-refractivity contribution < 1.29 is 19.4 Å². The highest BCUT2D eigenvalue weighted by Crippen LogP contribution is 2.06. The first kappa shape index (κ1) is 13.9. The standard InChI is InChI=1S/C11H20N2O4/c1-2-3-5-12-10(15)11(16)13-8-7-17-6-4-9(8)14/h8-9,14H,2-7H2,1H3,(H,12,15)(H,13,16). The van der Waals surface area contributed by atoms with Crippen molar-refractivity contribution >= 4 is 11.8 Å². The van der Waals surface area contributed by atoms with Crippen LogP contribution in [0.5, 0.6) is 0 Å². The van der Waals surface area contributed by atoms with Gasteiger partial charge in [0.2, 0.25) is 0 Å². The van der Waals surface area contributed by atoms with Crippen molar-refractivity contribution in [2.75, 3.05) is 19.8 Å². The first-order chi connectivity index (χ1) is 8.15. The molecule has 1 aliphatic heterocycles. The molecule has 0 aromatic heterocycles. The van der Waals surface area contributed by atoms with E-state index in [2.05, 4.69) is 10.6 Å². The van der Waals surface area contributed by atoms with Gasteiger partial charge in [-0.1, -0.05) is 13.3 Å². The van der Waals surface area contributed by atoms with E-state index in [1.54, 1.807) is 0 Å². The molecule has 98 valence electrons. The van der Waals surface area contributed by atoms with Crippen LogP contribution in [0.2, 0.25) is 0 Å². The molecule has 17 heavy (non-hydrogen) atoms. The SMILES string of the molecule is CCCCNC(=O)C(=O)NC1COCCC1O. The van der Waals surface area contributed by atoms with Crippen LogP contribution >= 0.6 is 0 Å². The third-order valence-corrected chi connectivity index (χ3v) is 2.66. The van der Waals surface area contributed by atoms with E-state index in [1.165, 1.54) is 0 Å². The van der Waals surface area contributed by atoms with Crippen molar-refractivity contribution in [3.05, 3.63) is 0 Å². The fourth-order valence-electron chi connectivity index (χ4n) is 1.56. The molecule has 6 nitrogen and oxygen atoms in total. The quantitative estimate of drug-likeness (QED) is 0.445. The molecular formula is C11H20N2O4. The zero-order valence-electron chi connectivity index (χ0n) is 10.1. The van der Waals surface area contributed by atoms with Crippen LogP contribution in [-0.4, -0.2) is 48.8 Å². The molecule has 2 atom stereocenters. The fraction of sp³-hybridized carbons (Fsp3) is 0.818. The molecular weight excluding hydrogens is 224 g/mol. The summed E-state index contributed by atoms with van der Waals surface area (Å²) in [6.07, 6.45) is 1.63. The maximum absolute atomic E-state index is 11.5. The zero-order valence-corrected chi connectivity index (χ0v) is 10.1. The van der Waals surface area contributed by atoms with E-state index in [-0.39, 0.29) is 6.61 Å². The number of nitrogens with one attached hydrogen (secondary N) is 2. The molecule has 0 aromatic rings. The van der Waals surface area contributed by atoms with Crippen LogP contribution in [0.15, 0.2) is 0 Å². The molecule has 0 spiro atoms. The summed E-state index contributed by atoms with van der Waals surface area (Å²) in [5, 5.41) is 14.6. The van der Waals surface area contributed by atoms with Crippen molar-refractivity contribution in [1.29, 1.82) is 0 Å². The van der Waals surface area contributed by atoms with Gasteiger partial charge >= 0.3 is 11.8 Å². The van der Waals surface area contributed by atoms with Crippen LogP contribution in [0.3, 0.4) is 0 Å². The summed E-state index contributed by atoms with van der Waals surface area (Å²) in [6.45, 7) is 3.22. The number of rotatable bonds is 4. The number of amides is 2. The van der Waals surface area contributed by atoms with E-state index in [0.717, 1.165) is 12.8 Å². The van der Waals surface area contributed by atoms with E-state index in [9.17, 15) is 14.7 Å². The lowest BCUT2D eigenvalue weighted by atomic mass is 10.1. The minimum absolute atomic E-state index is 0.245. The van der Waals surface area contributed by atoms with Crippen LogP contribution in [0, 0.1) is 0 Å². The van der Waals surface area contributed by atoms with Crippen molar-refractivity contribution in [2.45, 2.75) is 38.3 Å². The second kappa shape index (κ2) is 7.24. The predicted molar refractivity (Wildman–Crippen MR) is 61.3 cm³/mol. The molecule has 0 aliphatic carbocycles. The molecule has 0 radical (unpaired) electrons. The zero-order chi connectivity index (χ0) is 12.7. The number of hydrogen-bond donors (Lipinski definition) is 3. The van der Waals surface area contributed by atoms with Crippen molar-refractivity contribution in [2.24, 2.45) is 0 Å². The van der Waals surface area contributed by atoms with Crippen molar-refractivity contribution in [1.82, 2.24) is 10.6 Å². The predicted octanol–water partition coefficient (Wildman–Crippen LogP) is -0.831. The lowest BCUT2D eigenvalue weighted by Gasteiger charge is -2.28. The van der Waals surface area contributed by atoms with Crippen LogP contribution in [-0.2, 0) is 14.3 Å². The maximum Gasteiger partial charge on any atom is 0.309 e. The highest BCUT2D eigenvalue weighted by Gasteiger charge is 2.27. The number of hydrogen-bond acceptors (Lipinski definition) is 4. The topological polar surface area (TPSA) is 87.7 Å². The van der Waals surface area contributed by atoms with Crippen LogP contribution < -0.4 is 10.6 Å². The van der Waals surface area contributed by atoms with Gasteiger partial charge in [-0.05, 0) is 12.8 Å². The summed E-state index contributed by atoms with van der Waals surface area (Å²) in [7, 11) is 0. The molecule has 1 aliphatic rings. The van der Waals surface area contributed by atoms with E-state index < -0.39 is 24.0 Å². The molecule has 2 unspecified atom stereocenters. The summed E-state index contributed by atoms with van der Waals surface area (Å²) in [5.41, 5.74) is 0. The Labute approximate surface area is 101 Å². The molecule has 1 fully saturated rings. The van der Waals surface area contributed by atoms with Gasteiger partial charge in [0.05, 0.1) is 18.8 Å². The van der Waals surface area contributed by atoms with Crippen molar-refractivity contribution in [3.63, 3.8) is 0 Å². The minimum atomic E-state index is -0.712. The van der Waals surface area contributed by atoms with Gasteiger partial charge < -0.3 is 20.5 Å². The molecule has 0 bridgehead atoms. The third kappa shape index (κ3) is 4.70. The summed E-state index contributed by atoms with van der Waals surface area (Å²) < 4.78 is 5.13. The highest BCUT2D eigenvalue weighted by atomic mass is 16.5. The minimum Gasteiger partial charge on any atom is -0.391 e. The Morgan fingerprint density at radius 2 is 2.18 bits per heavy atom. The first-order valence-electron chi connectivity index (χ1n) is 5.99. The Morgan fingerprint density at radius 3 is 2.82 bits per heavy atom. The average Bonchev–Trinajstić information content (AvgIpc) is 2.32. The van der Waals surface area contributed by atoms with Gasteiger partial charge in [0, 0.05) is 13.2 Å². The Morgan fingerprint density at radius 1 is 1.41 bits per heavy atom. The maximum atomic E-state index is 11.5. The van der Waals surface area contributed by atoms with Gasteiger partial charge in [0.1, 0.15) is 0 Å². The van der Waals surface area contributed by atoms with Gasteiger partial charge in [0.25, 0.3) is 0 Å². The summed E-state index contributed by atoms with van der Waals surface area (Å²) in [4.78, 5) is 22.8. The lowest BCUT2D eigenvalue weighted by Crippen LogP contribution is -2.53. The lowest BCUT2D eigenvalue weighted by molar-refractivity contribution is -0.141. The average molecular weight is 244 g/mol. The summed E-state index contributed by atoms with van der Waals surface area (Å²) in [6, 6.07) is -0.492. The first-order valence-corrected chi connectivity index (χ1v) is 5.99. The largest absolute Gasteiger partial charge is 0.391 e. The monoisotopic (exact) mass is 244 g/mol. The Bertz CT molecular complexity index is 270. The second-order valence-electron chi connectivity index (χ2n) is 4.12. The molecule has 1 rings (SSSR count). The number of unbranched alkanes of at least 4 members (excludes halogenated alkanes) is 1. The number of carbonyl (C=O) groups excluding carboxylic acids is 2. The summed E-state index contributed by atoms with van der Waals surface area (Å²) >= 11 is 0. The molecule has 1 saturated heterocycles. The second-order valence-corrected chi connectivity index (χ2v) is 4.12. The van der Waals surface area contributed by atoms with Crippen LogP contribution in [0.25, 0.3) is 0 Å². The molecule has 0 aromatic carbocycles. The van der Waals surface area contributed by atoms with Crippen LogP contribution in [0.1, 0.15) is 26.2 Å². The smallest absolute Gasteiger partial charge is 0.309 e. The van der Waals surface area contributed by atoms with Crippen molar-refractivity contribution in [3.8, 4) is 0 Å². The number of carbonyl (C=O) groups is 2. The fourth-order valence-corrected chi connectivity index (χ4v) is 1.56. The van der Waals surface area contributed by atoms with E-state index in [4.69, 9.17) is 4.74 Å². The molecule has 3 N–H and O–H groups in total. The number of aliphatic hydroxyl groups is 1. The Balaban J connectivity index is 2.29. The normalized spacial score (nSPS) is 24.1. The van der Waals surface area contributed by atoms with E-state index >= 15 is 0 Å². The molecule has 1 heterocycles. The number of ether oxygens (including phenoxy) is 1. The van der Waals surface area contributed by atoms with Gasteiger partial charge in [-0.25, -0.2) is 0 Å². The van der Waals surface area contributed by atoms with Gasteiger partial charge in [-0.2, -0.15) is 0 Å². The van der Waals surface area contributed by atoms with E-state index in [0.29, 0.717) is 19.6 Å².